The van der Waals surface area contributed by atoms with E-state index in [0.717, 1.165) is 5.56 Å². The lowest BCUT2D eigenvalue weighted by Crippen LogP contribution is -2.44. The second-order valence-electron chi connectivity index (χ2n) is 4.64. The van der Waals surface area contributed by atoms with Gasteiger partial charge in [-0.25, -0.2) is 9.59 Å². The maximum absolute atomic E-state index is 11.6. The molecule has 0 unspecified atom stereocenters. The van der Waals surface area contributed by atoms with Crippen molar-refractivity contribution < 1.29 is 24.2 Å². The number of benzene rings is 1. The Morgan fingerprint density at radius 3 is 2.65 bits per heavy atom. The van der Waals surface area contributed by atoms with E-state index in [1.807, 2.05) is 30.3 Å². The normalized spacial score (nSPS) is 22.0. The van der Waals surface area contributed by atoms with E-state index in [9.17, 15) is 9.59 Å². The van der Waals surface area contributed by atoms with Gasteiger partial charge in [0.05, 0.1) is 12.6 Å². The first-order chi connectivity index (χ1) is 9.65. The Morgan fingerprint density at radius 2 is 2.05 bits per heavy atom. The summed E-state index contributed by atoms with van der Waals surface area (Å²) in [6, 6.07) is 9.17. The van der Waals surface area contributed by atoms with Crippen molar-refractivity contribution in [3.05, 3.63) is 35.9 Å². The predicted octanol–water partition coefficient (Wildman–Crippen LogP) is 1.54. The first kappa shape index (κ1) is 14.3. The van der Waals surface area contributed by atoms with Crippen LogP contribution in [0.5, 0.6) is 0 Å². The van der Waals surface area contributed by atoms with Crippen molar-refractivity contribution in [3.63, 3.8) is 0 Å². The molecular weight excluding hydrogens is 262 g/mol. The van der Waals surface area contributed by atoms with Crippen LogP contribution >= 0.6 is 0 Å². The Hall–Kier alpha value is -2.08. The molecule has 2 rings (SSSR count). The molecule has 20 heavy (non-hydrogen) atoms. The van der Waals surface area contributed by atoms with E-state index in [0.29, 0.717) is 12.8 Å². The number of alkyl carbamates (subject to hydrolysis) is 1. The summed E-state index contributed by atoms with van der Waals surface area (Å²) in [5, 5.41) is 11.4. The van der Waals surface area contributed by atoms with E-state index in [-0.39, 0.29) is 19.3 Å². The van der Waals surface area contributed by atoms with Crippen LogP contribution in [0.1, 0.15) is 18.4 Å². The number of amides is 1. The van der Waals surface area contributed by atoms with Gasteiger partial charge >= 0.3 is 12.1 Å². The number of carbonyl (C=O) groups excluding carboxylic acids is 1. The first-order valence-corrected chi connectivity index (χ1v) is 6.47. The fourth-order valence-corrected chi connectivity index (χ4v) is 1.99. The van der Waals surface area contributed by atoms with E-state index in [2.05, 4.69) is 5.32 Å². The molecule has 1 amide bonds. The van der Waals surface area contributed by atoms with Crippen molar-refractivity contribution >= 4 is 12.1 Å². The zero-order chi connectivity index (χ0) is 14.4. The minimum absolute atomic E-state index is 0.192. The SMILES string of the molecule is O=C(N[C@@H]1CC[C@@H](C(=O)O)OC1)OCc1ccccc1. The van der Waals surface area contributed by atoms with Gasteiger partial charge in [-0.05, 0) is 18.4 Å². The average Bonchev–Trinajstić information content (AvgIpc) is 2.47. The minimum Gasteiger partial charge on any atom is -0.479 e. The molecule has 1 saturated heterocycles. The molecule has 0 aliphatic carbocycles. The van der Waals surface area contributed by atoms with Gasteiger partial charge < -0.3 is 19.9 Å². The van der Waals surface area contributed by atoms with Crippen molar-refractivity contribution in [2.45, 2.75) is 31.6 Å². The maximum atomic E-state index is 11.6. The standard InChI is InChI=1S/C14H17NO5/c16-13(17)12-7-6-11(9-19-12)15-14(18)20-8-10-4-2-1-3-5-10/h1-5,11-12H,6-9H2,(H,15,18)(H,16,17)/t11-,12+/m1/s1. The highest BCUT2D eigenvalue weighted by atomic mass is 16.6. The summed E-state index contributed by atoms with van der Waals surface area (Å²) >= 11 is 0. The molecule has 1 aromatic rings. The summed E-state index contributed by atoms with van der Waals surface area (Å²) < 4.78 is 10.2. The van der Waals surface area contributed by atoms with Crippen molar-refractivity contribution in [2.75, 3.05) is 6.61 Å². The number of hydrogen-bond donors (Lipinski definition) is 2. The number of ether oxygens (including phenoxy) is 2. The second kappa shape index (κ2) is 6.91. The molecule has 1 aliphatic heterocycles. The monoisotopic (exact) mass is 279 g/mol. The van der Waals surface area contributed by atoms with Crippen LogP contribution in [-0.2, 0) is 20.9 Å². The molecule has 6 nitrogen and oxygen atoms in total. The number of hydrogen-bond acceptors (Lipinski definition) is 4. The van der Waals surface area contributed by atoms with E-state index in [4.69, 9.17) is 14.6 Å². The van der Waals surface area contributed by atoms with Crippen LogP contribution in [0.4, 0.5) is 4.79 Å². The van der Waals surface area contributed by atoms with E-state index < -0.39 is 18.2 Å². The Bertz CT molecular complexity index is 454. The van der Waals surface area contributed by atoms with Crippen LogP contribution in [0.25, 0.3) is 0 Å². The molecule has 0 aromatic heterocycles. The lowest BCUT2D eigenvalue weighted by molar-refractivity contribution is -0.153. The molecule has 1 heterocycles. The van der Waals surface area contributed by atoms with Crippen molar-refractivity contribution in [1.82, 2.24) is 5.32 Å². The number of carboxylic acid groups (broad SMARTS) is 1. The van der Waals surface area contributed by atoms with Gasteiger partial charge in [0.15, 0.2) is 6.10 Å². The molecule has 0 bridgehead atoms. The Morgan fingerprint density at radius 1 is 1.30 bits per heavy atom. The Balaban J connectivity index is 1.69. The van der Waals surface area contributed by atoms with Gasteiger partial charge in [0, 0.05) is 0 Å². The lowest BCUT2D eigenvalue weighted by Gasteiger charge is -2.26. The van der Waals surface area contributed by atoms with Gasteiger partial charge in [0.1, 0.15) is 6.61 Å². The van der Waals surface area contributed by atoms with Crippen LogP contribution < -0.4 is 5.32 Å². The third-order valence-electron chi connectivity index (χ3n) is 3.09. The van der Waals surface area contributed by atoms with Crippen LogP contribution in [0.15, 0.2) is 30.3 Å². The fraction of sp³-hybridized carbons (Fsp3) is 0.429. The van der Waals surface area contributed by atoms with Crippen molar-refractivity contribution in [3.8, 4) is 0 Å². The summed E-state index contributed by atoms with van der Waals surface area (Å²) in [5.41, 5.74) is 0.911. The molecule has 1 aliphatic rings. The molecule has 1 fully saturated rings. The van der Waals surface area contributed by atoms with E-state index >= 15 is 0 Å². The van der Waals surface area contributed by atoms with Gasteiger partial charge in [0.2, 0.25) is 0 Å². The molecule has 1 aromatic carbocycles. The van der Waals surface area contributed by atoms with Gasteiger partial charge in [0.25, 0.3) is 0 Å². The Labute approximate surface area is 116 Å². The molecule has 108 valence electrons. The summed E-state index contributed by atoms with van der Waals surface area (Å²) in [4.78, 5) is 22.3. The molecule has 6 heteroatoms. The zero-order valence-electron chi connectivity index (χ0n) is 11.0. The maximum Gasteiger partial charge on any atom is 0.407 e. The summed E-state index contributed by atoms with van der Waals surface area (Å²) in [6.45, 7) is 0.398. The van der Waals surface area contributed by atoms with Crippen LogP contribution in [-0.4, -0.2) is 35.9 Å². The number of carbonyl (C=O) groups is 2. The van der Waals surface area contributed by atoms with Crippen LogP contribution in [0.2, 0.25) is 0 Å². The van der Waals surface area contributed by atoms with E-state index in [1.165, 1.54) is 0 Å². The number of carboxylic acids is 1. The fourth-order valence-electron chi connectivity index (χ4n) is 1.99. The third-order valence-corrected chi connectivity index (χ3v) is 3.09. The van der Waals surface area contributed by atoms with Gasteiger partial charge in [-0.2, -0.15) is 0 Å². The average molecular weight is 279 g/mol. The number of aliphatic carboxylic acids is 1. The second-order valence-corrected chi connectivity index (χ2v) is 4.64. The van der Waals surface area contributed by atoms with Gasteiger partial charge in [-0.15, -0.1) is 0 Å². The quantitative estimate of drug-likeness (QED) is 0.873. The highest BCUT2D eigenvalue weighted by Gasteiger charge is 2.27. The molecule has 0 radical (unpaired) electrons. The topological polar surface area (TPSA) is 84.9 Å². The highest BCUT2D eigenvalue weighted by Crippen LogP contribution is 2.14. The van der Waals surface area contributed by atoms with Crippen molar-refractivity contribution in [1.29, 1.82) is 0 Å². The zero-order valence-corrected chi connectivity index (χ0v) is 11.0. The molecule has 2 N–H and O–H groups in total. The number of nitrogens with one attached hydrogen (secondary N) is 1. The predicted molar refractivity (Wildman–Crippen MR) is 70.2 cm³/mol. The third kappa shape index (κ3) is 4.24. The number of rotatable bonds is 4. The molecule has 2 atom stereocenters. The lowest BCUT2D eigenvalue weighted by atomic mass is 10.1. The Kier molecular flexibility index (Phi) is 4.95. The minimum atomic E-state index is -0.963. The summed E-state index contributed by atoms with van der Waals surface area (Å²) in [7, 11) is 0. The smallest absolute Gasteiger partial charge is 0.407 e. The van der Waals surface area contributed by atoms with Crippen molar-refractivity contribution in [2.24, 2.45) is 0 Å². The van der Waals surface area contributed by atoms with Crippen LogP contribution in [0, 0.1) is 0 Å². The highest BCUT2D eigenvalue weighted by molar-refractivity contribution is 5.72. The summed E-state index contributed by atoms with van der Waals surface area (Å²) in [5.74, 6) is -0.963. The van der Waals surface area contributed by atoms with E-state index in [1.54, 1.807) is 0 Å². The van der Waals surface area contributed by atoms with Gasteiger partial charge in [-0.1, -0.05) is 30.3 Å². The first-order valence-electron chi connectivity index (χ1n) is 6.47. The molecule has 0 spiro atoms. The van der Waals surface area contributed by atoms with Gasteiger partial charge in [-0.3, -0.25) is 0 Å². The molecule has 0 saturated carbocycles. The largest absolute Gasteiger partial charge is 0.479 e. The van der Waals surface area contributed by atoms with Crippen LogP contribution in [0.3, 0.4) is 0 Å². The summed E-state index contributed by atoms with van der Waals surface area (Å²) in [6.07, 6.45) is -0.333. The molecular formula is C14H17NO5.